The van der Waals surface area contributed by atoms with E-state index in [1.165, 1.54) is 16.8 Å². The summed E-state index contributed by atoms with van der Waals surface area (Å²) in [4.78, 5) is 26.2. The number of rotatable bonds is 7. The van der Waals surface area contributed by atoms with Crippen molar-refractivity contribution in [2.24, 2.45) is 12.2 Å². The monoisotopic (exact) mass is 467 g/mol. The standard InChI is InChI=1S/C23H25N5O4S/c1-3-19(22(29)25-13-12-15-8-10-16(11-9-15)33(24,31)32)28-20-7-5-4-6-17(20)18-14-26-27(2)23(30)21(18)28/h4-11,14,19H,3,12-13H2,1-2H3,(H,25,29)(H2,24,31,32)/t19-/m0/s1. The first-order chi connectivity index (χ1) is 15.7. The van der Waals surface area contributed by atoms with Gasteiger partial charge in [0.15, 0.2) is 0 Å². The molecule has 2 aromatic heterocycles. The zero-order chi connectivity index (χ0) is 23.8. The van der Waals surface area contributed by atoms with E-state index in [9.17, 15) is 18.0 Å². The molecule has 3 N–H and O–H groups in total. The van der Waals surface area contributed by atoms with Gasteiger partial charge in [-0.3, -0.25) is 9.59 Å². The number of amides is 1. The Hall–Kier alpha value is -3.50. The van der Waals surface area contributed by atoms with E-state index < -0.39 is 16.1 Å². The highest BCUT2D eigenvalue weighted by molar-refractivity contribution is 7.89. The van der Waals surface area contributed by atoms with Gasteiger partial charge < -0.3 is 9.88 Å². The molecule has 2 heterocycles. The molecule has 33 heavy (non-hydrogen) atoms. The van der Waals surface area contributed by atoms with Crippen LogP contribution in [0.25, 0.3) is 21.8 Å². The number of para-hydroxylation sites is 1. The van der Waals surface area contributed by atoms with Crippen LogP contribution in [0.4, 0.5) is 0 Å². The minimum Gasteiger partial charge on any atom is -0.354 e. The lowest BCUT2D eigenvalue weighted by Crippen LogP contribution is -2.34. The second-order valence-electron chi connectivity index (χ2n) is 7.88. The Kier molecular flexibility index (Phi) is 6.05. The molecule has 0 saturated heterocycles. The van der Waals surface area contributed by atoms with E-state index >= 15 is 0 Å². The highest BCUT2D eigenvalue weighted by atomic mass is 32.2. The van der Waals surface area contributed by atoms with Crippen LogP contribution in [0.5, 0.6) is 0 Å². The summed E-state index contributed by atoms with van der Waals surface area (Å²) in [6.07, 6.45) is 2.67. The summed E-state index contributed by atoms with van der Waals surface area (Å²) in [5, 5.41) is 13.8. The quantitative estimate of drug-likeness (QED) is 0.429. The average Bonchev–Trinajstić information content (AvgIpc) is 3.12. The average molecular weight is 468 g/mol. The van der Waals surface area contributed by atoms with Crippen molar-refractivity contribution in [2.45, 2.75) is 30.7 Å². The summed E-state index contributed by atoms with van der Waals surface area (Å²) < 4.78 is 25.9. The number of nitrogens with zero attached hydrogens (tertiary/aromatic N) is 3. The molecule has 0 aliphatic rings. The number of nitrogens with one attached hydrogen (secondary N) is 1. The van der Waals surface area contributed by atoms with Gasteiger partial charge in [0, 0.05) is 24.4 Å². The van der Waals surface area contributed by atoms with E-state index in [2.05, 4.69) is 10.4 Å². The Morgan fingerprint density at radius 2 is 1.82 bits per heavy atom. The minimum absolute atomic E-state index is 0.0452. The SMILES string of the molecule is CC[C@@H](C(=O)NCCc1ccc(S(N)(=O)=O)cc1)n1c2ccccc2c2cnn(C)c(=O)c21. The molecule has 0 saturated carbocycles. The Balaban J connectivity index is 1.60. The smallest absolute Gasteiger partial charge is 0.291 e. The molecule has 0 aliphatic heterocycles. The number of nitrogens with two attached hydrogens (primary N) is 1. The molecular weight excluding hydrogens is 442 g/mol. The maximum Gasteiger partial charge on any atom is 0.291 e. The number of carbonyl (C=O) groups is 1. The Morgan fingerprint density at radius 3 is 2.48 bits per heavy atom. The molecule has 0 spiro atoms. The number of hydrogen-bond donors (Lipinski definition) is 2. The van der Waals surface area contributed by atoms with Crippen molar-refractivity contribution < 1.29 is 13.2 Å². The van der Waals surface area contributed by atoms with Crippen LogP contribution in [0.2, 0.25) is 0 Å². The van der Waals surface area contributed by atoms with E-state index in [1.807, 2.05) is 35.8 Å². The maximum absolute atomic E-state index is 13.2. The van der Waals surface area contributed by atoms with E-state index in [0.29, 0.717) is 24.9 Å². The van der Waals surface area contributed by atoms with Crippen molar-refractivity contribution in [2.75, 3.05) is 6.54 Å². The predicted molar refractivity (Wildman–Crippen MR) is 126 cm³/mol. The second-order valence-corrected chi connectivity index (χ2v) is 9.44. The normalized spacial score (nSPS) is 12.8. The maximum atomic E-state index is 13.2. The lowest BCUT2D eigenvalue weighted by Gasteiger charge is -2.19. The van der Waals surface area contributed by atoms with Crippen LogP contribution in [0.15, 0.2) is 64.4 Å². The fourth-order valence-corrected chi connectivity index (χ4v) is 4.61. The summed E-state index contributed by atoms with van der Waals surface area (Å²) in [6.45, 7) is 2.27. The molecule has 0 aliphatic carbocycles. The summed E-state index contributed by atoms with van der Waals surface area (Å²) in [5.41, 5.74) is 1.87. The predicted octanol–water partition coefficient (Wildman–Crippen LogP) is 1.85. The third kappa shape index (κ3) is 4.27. The van der Waals surface area contributed by atoms with Gasteiger partial charge in [-0.15, -0.1) is 0 Å². The van der Waals surface area contributed by atoms with E-state index in [0.717, 1.165) is 21.9 Å². The third-order valence-corrected chi connectivity index (χ3v) is 6.70. The summed E-state index contributed by atoms with van der Waals surface area (Å²) in [7, 11) is -2.15. The van der Waals surface area contributed by atoms with Gasteiger partial charge in [-0.05, 0) is 36.6 Å². The van der Waals surface area contributed by atoms with Crippen LogP contribution in [-0.4, -0.2) is 35.2 Å². The number of hydrogen-bond acceptors (Lipinski definition) is 5. The van der Waals surface area contributed by atoms with E-state index in [-0.39, 0.29) is 16.4 Å². The van der Waals surface area contributed by atoms with Gasteiger partial charge in [0.25, 0.3) is 5.56 Å². The van der Waals surface area contributed by atoms with Gasteiger partial charge in [0.2, 0.25) is 15.9 Å². The Labute approximate surface area is 190 Å². The van der Waals surface area contributed by atoms with Crippen molar-refractivity contribution in [1.82, 2.24) is 19.7 Å². The molecule has 4 rings (SSSR count). The molecule has 0 bridgehead atoms. The fourth-order valence-electron chi connectivity index (χ4n) is 4.09. The number of aromatic nitrogens is 3. The highest BCUT2D eigenvalue weighted by Crippen LogP contribution is 2.30. The number of carbonyl (C=O) groups excluding carboxylic acids is 1. The van der Waals surface area contributed by atoms with Gasteiger partial charge in [-0.25, -0.2) is 18.2 Å². The Bertz CT molecular complexity index is 1500. The first-order valence-corrected chi connectivity index (χ1v) is 12.1. The number of aryl methyl sites for hydroxylation is 1. The van der Waals surface area contributed by atoms with Crippen molar-refractivity contribution in [3.05, 3.63) is 70.6 Å². The lowest BCUT2D eigenvalue weighted by atomic mass is 10.1. The van der Waals surface area contributed by atoms with Crippen molar-refractivity contribution in [1.29, 1.82) is 0 Å². The topological polar surface area (TPSA) is 129 Å². The third-order valence-electron chi connectivity index (χ3n) is 5.77. The molecule has 0 radical (unpaired) electrons. The largest absolute Gasteiger partial charge is 0.354 e. The zero-order valence-electron chi connectivity index (χ0n) is 18.4. The minimum atomic E-state index is -3.74. The molecule has 0 fully saturated rings. The van der Waals surface area contributed by atoms with Crippen LogP contribution in [0.1, 0.15) is 24.9 Å². The lowest BCUT2D eigenvalue weighted by molar-refractivity contribution is -0.124. The van der Waals surface area contributed by atoms with Gasteiger partial charge >= 0.3 is 0 Å². The van der Waals surface area contributed by atoms with Crippen LogP contribution in [0, 0.1) is 0 Å². The van der Waals surface area contributed by atoms with E-state index in [1.54, 1.807) is 25.4 Å². The van der Waals surface area contributed by atoms with Gasteiger partial charge in [-0.2, -0.15) is 5.10 Å². The molecule has 0 unspecified atom stereocenters. The molecule has 9 nitrogen and oxygen atoms in total. The zero-order valence-corrected chi connectivity index (χ0v) is 19.2. The van der Waals surface area contributed by atoms with Crippen LogP contribution in [-0.2, 0) is 28.3 Å². The summed E-state index contributed by atoms with van der Waals surface area (Å²) >= 11 is 0. The second kappa shape index (κ2) is 8.80. The number of sulfonamides is 1. The summed E-state index contributed by atoms with van der Waals surface area (Å²) in [6, 6.07) is 13.3. The Morgan fingerprint density at radius 1 is 1.12 bits per heavy atom. The van der Waals surface area contributed by atoms with Crippen molar-refractivity contribution >= 4 is 37.7 Å². The number of primary sulfonamides is 1. The molecule has 1 amide bonds. The molecular formula is C23H25N5O4S. The first kappa shape index (κ1) is 22.7. The molecule has 2 aromatic carbocycles. The highest BCUT2D eigenvalue weighted by Gasteiger charge is 2.25. The van der Waals surface area contributed by atoms with Crippen LogP contribution in [0.3, 0.4) is 0 Å². The molecule has 10 heteroatoms. The van der Waals surface area contributed by atoms with Gasteiger partial charge in [-0.1, -0.05) is 37.3 Å². The molecule has 4 aromatic rings. The number of benzene rings is 2. The van der Waals surface area contributed by atoms with Crippen LogP contribution < -0.4 is 16.0 Å². The fraction of sp³-hybridized carbons (Fsp3) is 0.261. The van der Waals surface area contributed by atoms with Gasteiger partial charge in [0.1, 0.15) is 11.6 Å². The molecule has 1 atom stereocenters. The number of fused-ring (bicyclic) bond motifs is 3. The van der Waals surface area contributed by atoms with Crippen molar-refractivity contribution in [3.63, 3.8) is 0 Å². The first-order valence-electron chi connectivity index (χ1n) is 10.6. The van der Waals surface area contributed by atoms with E-state index in [4.69, 9.17) is 5.14 Å². The summed E-state index contributed by atoms with van der Waals surface area (Å²) in [5.74, 6) is -0.194. The van der Waals surface area contributed by atoms with Gasteiger partial charge in [0.05, 0.1) is 16.6 Å². The molecule has 172 valence electrons. The van der Waals surface area contributed by atoms with Crippen molar-refractivity contribution in [3.8, 4) is 0 Å². The van der Waals surface area contributed by atoms with Crippen LogP contribution >= 0.6 is 0 Å².